The van der Waals surface area contributed by atoms with Crippen molar-refractivity contribution in [3.8, 4) is 0 Å². The van der Waals surface area contributed by atoms with Crippen LogP contribution in [-0.4, -0.2) is 0 Å². The van der Waals surface area contributed by atoms with Crippen molar-refractivity contribution in [3.05, 3.63) is 51.5 Å². The lowest BCUT2D eigenvalue weighted by molar-refractivity contribution is 0.967. The largest absolute Gasteiger partial charge is 0.0828 e. The smallest absolute Gasteiger partial charge is 0.0629 e. The lowest BCUT2D eigenvalue weighted by atomic mass is 9.94. The summed E-state index contributed by atoms with van der Waals surface area (Å²) in [6.07, 6.45) is 1.98. The Balaban J connectivity index is 2.47. The third-order valence-electron chi connectivity index (χ3n) is 2.70. The van der Waals surface area contributed by atoms with E-state index in [0.717, 1.165) is 23.4 Å². The summed E-state index contributed by atoms with van der Waals surface area (Å²) >= 11 is 12.4. The highest BCUT2D eigenvalue weighted by Crippen LogP contribution is 2.39. The summed E-state index contributed by atoms with van der Waals surface area (Å²) in [7, 11) is 0. The minimum absolute atomic E-state index is 0.714. The molecule has 0 unspecified atom stereocenters. The monoisotopic (exact) mass is 238 g/mol. The van der Waals surface area contributed by atoms with Crippen LogP contribution in [0.25, 0.3) is 5.57 Å². The lowest BCUT2D eigenvalue weighted by Gasteiger charge is -2.18. The predicted octanol–water partition coefficient (Wildman–Crippen LogP) is 4.94. The highest BCUT2D eigenvalue weighted by molar-refractivity contribution is 6.46. The van der Waals surface area contributed by atoms with Crippen molar-refractivity contribution < 1.29 is 0 Å². The van der Waals surface area contributed by atoms with Gasteiger partial charge in [0.25, 0.3) is 0 Å². The molecule has 0 radical (unpaired) electrons. The van der Waals surface area contributed by atoms with E-state index in [1.807, 2.05) is 25.1 Å². The molecule has 1 aromatic rings. The van der Waals surface area contributed by atoms with E-state index in [1.54, 1.807) is 0 Å². The van der Waals surface area contributed by atoms with Crippen LogP contribution in [-0.2, 0) is 0 Å². The van der Waals surface area contributed by atoms with E-state index in [1.165, 1.54) is 11.1 Å². The SMILES string of the molecule is CC1=C(Cl)C(Cl)=C(c2ccccc2)CC1. The molecule has 0 aliphatic heterocycles. The molecular weight excluding hydrogens is 227 g/mol. The third kappa shape index (κ3) is 2.11. The highest BCUT2D eigenvalue weighted by Gasteiger charge is 2.17. The fraction of sp³-hybridized carbons (Fsp3) is 0.231. The number of hydrogen-bond acceptors (Lipinski definition) is 0. The van der Waals surface area contributed by atoms with Crippen molar-refractivity contribution in [2.24, 2.45) is 0 Å². The molecule has 0 fully saturated rings. The van der Waals surface area contributed by atoms with Gasteiger partial charge in [-0.3, -0.25) is 0 Å². The first-order chi connectivity index (χ1) is 7.20. The zero-order valence-electron chi connectivity index (χ0n) is 8.56. The topological polar surface area (TPSA) is 0 Å². The molecule has 0 aromatic heterocycles. The summed E-state index contributed by atoms with van der Waals surface area (Å²) in [6, 6.07) is 10.2. The molecule has 0 nitrogen and oxygen atoms in total. The number of benzene rings is 1. The maximum Gasteiger partial charge on any atom is 0.0629 e. The molecule has 0 saturated heterocycles. The van der Waals surface area contributed by atoms with E-state index >= 15 is 0 Å². The standard InChI is InChI=1S/C13H12Cl2/c1-9-7-8-11(13(15)12(9)14)10-5-3-2-4-6-10/h2-6H,7-8H2,1H3. The van der Waals surface area contributed by atoms with Crippen LogP contribution in [0, 0.1) is 0 Å². The minimum atomic E-state index is 0.714. The molecule has 0 saturated carbocycles. The van der Waals surface area contributed by atoms with E-state index in [-0.39, 0.29) is 0 Å². The molecule has 1 aliphatic carbocycles. The lowest BCUT2D eigenvalue weighted by Crippen LogP contribution is -1.97. The van der Waals surface area contributed by atoms with Crippen LogP contribution in [0.15, 0.2) is 46.0 Å². The van der Waals surface area contributed by atoms with Gasteiger partial charge in [0.05, 0.1) is 10.1 Å². The first-order valence-corrected chi connectivity index (χ1v) is 5.75. The molecule has 1 aromatic carbocycles. The fourth-order valence-electron chi connectivity index (χ4n) is 1.76. The van der Waals surface area contributed by atoms with E-state index in [2.05, 4.69) is 12.1 Å². The Kier molecular flexibility index (Phi) is 3.18. The maximum absolute atomic E-state index is 6.25. The summed E-state index contributed by atoms with van der Waals surface area (Å²) in [5, 5.41) is 1.44. The normalized spacial score (nSPS) is 17.3. The Morgan fingerprint density at radius 1 is 0.933 bits per heavy atom. The summed E-state index contributed by atoms with van der Waals surface area (Å²) in [5.74, 6) is 0. The third-order valence-corrected chi connectivity index (χ3v) is 3.73. The van der Waals surface area contributed by atoms with Crippen LogP contribution < -0.4 is 0 Å². The summed E-state index contributed by atoms with van der Waals surface area (Å²) in [4.78, 5) is 0. The summed E-state index contributed by atoms with van der Waals surface area (Å²) in [6.45, 7) is 2.03. The first-order valence-electron chi connectivity index (χ1n) is 5.00. The van der Waals surface area contributed by atoms with Gasteiger partial charge in [-0.15, -0.1) is 0 Å². The average molecular weight is 239 g/mol. The van der Waals surface area contributed by atoms with Crippen molar-refractivity contribution >= 4 is 28.8 Å². The second-order valence-corrected chi connectivity index (χ2v) is 4.51. The predicted molar refractivity (Wildman–Crippen MR) is 67.0 cm³/mol. The van der Waals surface area contributed by atoms with Crippen LogP contribution in [0.2, 0.25) is 0 Å². The summed E-state index contributed by atoms with van der Waals surface area (Å²) < 4.78 is 0. The first kappa shape index (κ1) is 10.8. The number of rotatable bonds is 1. The van der Waals surface area contributed by atoms with Gasteiger partial charge < -0.3 is 0 Å². The zero-order chi connectivity index (χ0) is 10.8. The van der Waals surface area contributed by atoms with Crippen molar-refractivity contribution in [3.63, 3.8) is 0 Å². The molecule has 2 heteroatoms. The Hall–Kier alpha value is -0.720. The van der Waals surface area contributed by atoms with Gasteiger partial charge in [0.2, 0.25) is 0 Å². The molecule has 15 heavy (non-hydrogen) atoms. The van der Waals surface area contributed by atoms with Crippen LogP contribution in [0.1, 0.15) is 25.3 Å². The molecular formula is C13H12Cl2. The van der Waals surface area contributed by atoms with Crippen molar-refractivity contribution in [1.82, 2.24) is 0 Å². The number of halogens is 2. The Morgan fingerprint density at radius 3 is 2.27 bits per heavy atom. The van der Waals surface area contributed by atoms with Gasteiger partial charge >= 0.3 is 0 Å². The van der Waals surface area contributed by atoms with Gasteiger partial charge in [-0.25, -0.2) is 0 Å². The second-order valence-electron chi connectivity index (χ2n) is 3.75. The molecule has 1 aliphatic rings. The van der Waals surface area contributed by atoms with Crippen molar-refractivity contribution in [2.45, 2.75) is 19.8 Å². The molecule has 0 N–H and O–H groups in total. The molecule has 0 spiro atoms. The molecule has 0 heterocycles. The highest BCUT2D eigenvalue weighted by atomic mass is 35.5. The van der Waals surface area contributed by atoms with Gasteiger partial charge in [-0.2, -0.15) is 0 Å². The van der Waals surface area contributed by atoms with Crippen LogP contribution in [0.3, 0.4) is 0 Å². The molecule has 0 amide bonds. The average Bonchev–Trinajstić information content (AvgIpc) is 2.27. The summed E-state index contributed by atoms with van der Waals surface area (Å²) in [5.41, 5.74) is 3.52. The number of allylic oxidation sites excluding steroid dienone is 4. The van der Waals surface area contributed by atoms with Gasteiger partial charge in [0.15, 0.2) is 0 Å². The van der Waals surface area contributed by atoms with E-state index < -0.39 is 0 Å². The van der Waals surface area contributed by atoms with E-state index in [0.29, 0.717) is 5.03 Å². The fourth-order valence-corrected chi connectivity index (χ4v) is 2.34. The van der Waals surface area contributed by atoms with E-state index in [9.17, 15) is 0 Å². The van der Waals surface area contributed by atoms with E-state index in [4.69, 9.17) is 23.2 Å². The Morgan fingerprint density at radius 2 is 1.60 bits per heavy atom. The van der Waals surface area contributed by atoms with Crippen LogP contribution in [0.4, 0.5) is 0 Å². The maximum atomic E-state index is 6.25. The van der Waals surface area contributed by atoms with Gasteiger partial charge in [0, 0.05) is 0 Å². The van der Waals surface area contributed by atoms with Gasteiger partial charge in [0.1, 0.15) is 0 Å². The van der Waals surface area contributed by atoms with Gasteiger partial charge in [-0.1, -0.05) is 59.1 Å². The Bertz CT molecular complexity index is 427. The number of hydrogen-bond donors (Lipinski definition) is 0. The van der Waals surface area contributed by atoms with Crippen LogP contribution in [0.5, 0.6) is 0 Å². The van der Waals surface area contributed by atoms with Crippen LogP contribution >= 0.6 is 23.2 Å². The van der Waals surface area contributed by atoms with Gasteiger partial charge in [-0.05, 0) is 30.9 Å². The quantitative estimate of drug-likeness (QED) is 0.650. The zero-order valence-corrected chi connectivity index (χ0v) is 10.1. The molecule has 78 valence electrons. The van der Waals surface area contributed by atoms with Crippen molar-refractivity contribution in [2.75, 3.05) is 0 Å². The molecule has 0 atom stereocenters. The molecule has 2 rings (SSSR count). The Labute approximate surface area is 100 Å². The molecule has 0 bridgehead atoms. The minimum Gasteiger partial charge on any atom is -0.0828 e. The second kappa shape index (κ2) is 4.42. The van der Waals surface area contributed by atoms with Crippen molar-refractivity contribution in [1.29, 1.82) is 0 Å².